The molecule has 0 aliphatic carbocycles. The second-order valence-electron chi connectivity index (χ2n) is 5.96. The maximum Gasteiger partial charge on any atom is 0.123 e. The van der Waals surface area contributed by atoms with E-state index in [-0.39, 0.29) is 10.8 Å². The molecule has 0 aromatic heterocycles. The molecule has 2 aromatic rings. The summed E-state index contributed by atoms with van der Waals surface area (Å²) in [5.74, 6) is 0.966. The molecule has 1 unspecified atom stereocenters. The van der Waals surface area contributed by atoms with E-state index in [1.54, 1.807) is 0 Å². The topological polar surface area (TPSA) is 9.23 Å². The van der Waals surface area contributed by atoms with Gasteiger partial charge >= 0.3 is 0 Å². The fourth-order valence-electron chi connectivity index (χ4n) is 2.58. The molecule has 0 saturated heterocycles. The van der Waals surface area contributed by atoms with Crippen molar-refractivity contribution in [2.45, 2.75) is 24.6 Å². The van der Waals surface area contributed by atoms with E-state index >= 15 is 0 Å². The molecule has 0 fully saturated rings. The van der Waals surface area contributed by atoms with Gasteiger partial charge in [0.15, 0.2) is 0 Å². The third-order valence-electron chi connectivity index (χ3n) is 3.85. The molecule has 2 aromatic carbocycles. The fourth-order valence-corrected chi connectivity index (χ4v) is 3.91. The SMILES string of the molecule is CC1(C)COc2ccc(C(Cl)c3cc(Cl)ccc3I)cc21. The molecule has 0 amide bonds. The predicted molar refractivity (Wildman–Crippen MR) is 96.8 cm³/mol. The van der Waals surface area contributed by atoms with Crippen LogP contribution < -0.4 is 4.74 Å². The molecule has 0 saturated carbocycles. The maximum absolute atomic E-state index is 6.70. The fraction of sp³-hybridized carbons (Fsp3) is 0.294. The van der Waals surface area contributed by atoms with Crippen LogP contribution in [0.4, 0.5) is 0 Å². The first-order valence-electron chi connectivity index (χ1n) is 6.75. The van der Waals surface area contributed by atoms with Crippen LogP contribution in [0.3, 0.4) is 0 Å². The molecule has 0 bridgehead atoms. The van der Waals surface area contributed by atoms with Crippen molar-refractivity contribution in [3.8, 4) is 5.75 Å². The molecule has 1 nitrogen and oxygen atoms in total. The number of hydrogen-bond acceptors (Lipinski definition) is 1. The van der Waals surface area contributed by atoms with Crippen molar-refractivity contribution in [1.29, 1.82) is 0 Å². The first-order chi connectivity index (χ1) is 9.88. The Labute approximate surface area is 148 Å². The number of benzene rings is 2. The van der Waals surface area contributed by atoms with E-state index in [9.17, 15) is 0 Å². The number of halogens is 3. The third-order valence-corrected chi connectivity index (χ3v) is 5.55. The molecule has 4 heteroatoms. The highest BCUT2D eigenvalue weighted by molar-refractivity contribution is 14.1. The zero-order chi connectivity index (χ0) is 15.2. The van der Waals surface area contributed by atoms with Gasteiger partial charge < -0.3 is 4.74 Å². The van der Waals surface area contributed by atoms with Crippen molar-refractivity contribution in [1.82, 2.24) is 0 Å². The van der Waals surface area contributed by atoms with E-state index < -0.39 is 0 Å². The largest absolute Gasteiger partial charge is 0.492 e. The monoisotopic (exact) mass is 432 g/mol. The maximum atomic E-state index is 6.70. The summed E-state index contributed by atoms with van der Waals surface area (Å²) in [5, 5.41) is 0.498. The highest BCUT2D eigenvalue weighted by atomic mass is 127. The first kappa shape index (κ1) is 15.4. The third kappa shape index (κ3) is 2.90. The minimum Gasteiger partial charge on any atom is -0.492 e. The highest BCUT2D eigenvalue weighted by Gasteiger charge is 2.32. The van der Waals surface area contributed by atoms with E-state index in [1.165, 1.54) is 5.56 Å². The molecule has 1 aliphatic rings. The zero-order valence-corrected chi connectivity index (χ0v) is 15.5. The van der Waals surface area contributed by atoms with Gasteiger partial charge in [0.25, 0.3) is 0 Å². The van der Waals surface area contributed by atoms with E-state index in [4.69, 9.17) is 27.9 Å². The molecule has 0 spiro atoms. The van der Waals surface area contributed by atoms with Gasteiger partial charge in [-0.25, -0.2) is 0 Å². The van der Waals surface area contributed by atoms with Crippen LogP contribution in [0.15, 0.2) is 36.4 Å². The molecule has 0 N–H and O–H groups in total. The van der Waals surface area contributed by atoms with Gasteiger partial charge in [-0.05, 0) is 64.0 Å². The molecule has 1 atom stereocenters. The Morgan fingerprint density at radius 2 is 1.95 bits per heavy atom. The van der Waals surface area contributed by atoms with Gasteiger partial charge in [-0.2, -0.15) is 0 Å². The molecule has 0 radical (unpaired) electrons. The van der Waals surface area contributed by atoms with Gasteiger partial charge in [-0.1, -0.05) is 31.5 Å². The minimum atomic E-state index is -0.211. The second kappa shape index (κ2) is 5.64. The normalized spacial score (nSPS) is 17.2. The van der Waals surface area contributed by atoms with Crippen LogP contribution in [0, 0.1) is 3.57 Å². The van der Waals surface area contributed by atoms with E-state index in [0.29, 0.717) is 11.6 Å². The van der Waals surface area contributed by atoms with Crippen molar-refractivity contribution in [3.05, 3.63) is 61.7 Å². The Morgan fingerprint density at radius 1 is 1.19 bits per heavy atom. The summed E-state index contributed by atoms with van der Waals surface area (Å²) >= 11 is 15.1. The van der Waals surface area contributed by atoms with Crippen LogP contribution in [0.1, 0.15) is 35.9 Å². The Balaban J connectivity index is 2.03. The molecule has 110 valence electrons. The Kier molecular flexibility index (Phi) is 4.15. The smallest absolute Gasteiger partial charge is 0.123 e. The van der Waals surface area contributed by atoms with Gasteiger partial charge in [0.1, 0.15) is 5.75 Å². The van der Waals surface area contributed by atoms with Crippen LogP contribution >= 0.6 is 45.8 Å². The van der Waals surface area contributed by atoms with Gasteiger partial charge in [0, 0.05) is 19.6 Å². The lowest BCUT2D eigenvalue weighted by Gasteiger charge is -2.18. The van der Waals surface area contributed by atoms with Crippen molar-refractivity contribution in [3.63, 3.8) is 0 Å². The number of alkyl halides is 1. The quantitative estimate of drug-likeness (QED) is 0.421. The Morgan fingerprint density at radius 3 is 2.71 bits per heavy atom. The molecule has 3 rings (SSSR count). The zero-order valence-electron chi connectivity index (χ0n) is 11.8. The molecule has 1 heterocycles. The van der Waals surface area contributed by atoms with E-state index in [2.05, 4.69) is 42.5 Å². The lowest BCUT2D eigenvalue weighted by Crippen LogP contribution is -2.18. The lowest BCUT2D eigenvalue weighted by molar-refractivity contribution is 0.291. The van der Waals surface area contributed by atoms with Gasteiger partial charge in [0.2, 0.25) is 0 Å². The number of rotatable bonds is 2. The van der Waals surface area contributed by atoms with Crippen molar-refractivity contribution in [2.75, 3.05) is 6.61 Å². The molecular weight excluding hydrogens is 418 g/mol. The van der Waals surface area contributed by atoms with Crippen LogP contribution in [0.5, 0.6) is 5.75 Å². The van der Waals surface area contributed by atoms with Crippen LogP contribution in [-0.4, -0.2) is 6.61 Å². The summed E-state index contributed by atoms with van der Waals surface area (Å²) in [4.78, 5) is 0. The Bertz CT molecular complexity index is 697. The standard InChI is InChI=1S/C17H15Cl2IO/c1-17(2)9-21-15-6-3-10(7-13(15)17)16(19)12-8-11(18)4-5-14(12)20/h3-8,16H,9H2,1-2H3. The Hall–Kier alpha value is -0.450. The van der Waals surface area contributed by atoms with Gasteiger partial charge in [0.05, 0.1) is 12.0 Å². The van der Waals surface area contributed by atoms with Gasteiger partial charge in [-0.15, -0.1) is 11.6 Å². The second-order valence-corrected chi connectivity index (χ2v) is 7.99. The summed E-state index contributed by atoms with van der Waals surface area (Å²) in [5.41, 5.74) is 3.38. The summed E-state index contributed by atoms with van der Waals surface area (Å²) in [7, 11) is 0. The van der Waals surface area contributed by atoms with E-state index in [1.807, 2.05) is 30.3 Å². The average molecular weight is 433 g/mol. The molecular formula is C17H15Cl2IO. The van der Waals surface area contributed by atoms with Crippen LogP contribution in [0.25, 0.3) is 0 Å². The van der Waals surface area contributed by atoms with Crippen molar-refractivity contribution < 1.29 is 4.74 Å². The van der Waals surface area contributed by atoms with Crippen LogP contribution in [-0.2, 0) is 5.41 Å². The number of fused-ring (bicyclic) bond motifs is 1. The minimum absolute atomic E-state index is 0.0312. The summed E-state index contributed by atoms with van der Waals surface area (Å²) in [6, 6.07) is 12.0. The highest BCUT2D eigenvalue weighted by Crippen LogP contribution is 2.42. The van der Waals surface area contributed by atoms with Gasteiger partial charge in [-0.3, -0.25) is 0 Å². The van der Waals surface area contributed by atoms with Crippen LogP contribution in [0.2, 0.25) is 5.02 Å². The summed E-state index contributed by atoms with van der Waals surface area (Å²) < 4.78 is 6.85. The van der Waals surface area contributed by atoms with Crippen molar-refractivity contribution in [2.24, 2.45) is 0 Å². The van der Waals surface area contributed by atoms with E-state index in [0.717, 1.165) is 20.4 Å². The van der Waals surface area contributed by atoms with Crippen molar-refractivity contribution >= 4 is 45.8 Å². The summed E-state index contributed by atoms with van der Waals surface area (Å²) in [6.45, 7) is 5.09. The predicted octanol–water partition coefficient (Wildman–Crippen LogP) is 5.94. The average Bonchev–Trinajstić information content (AvgIpc) is 2.76. The molecule has 21 heavy (non-hydrogen) atoms. The summed E-state index contributed by atoms with van der Waals surface area (Å²) in [6.07, 6.45) is 0. The first-order valence-corrected chi connectivity index (χ1v) is 8.64. The molecule has 1 aliphatic heterocycles. The lowest BCUT2D eigenvalue weighted by atomic mass is 9.85. The number of ether oxygens (including phenoxy) is 1. The number of hydrogen-bond donors (Lipinski definition) is 0.